The molecule has 0 heterocycles. The van der Waals surface area contributed by atoms with Gasteiger partial charge in [0.1, 0.15) is 36.4 Å². The molecular weight excluding hydrogens is 306 g/mol. The number of nitriles is 1. The Morgan fingerprint density at radius 3 is 2.42 bits per heavy atom. The molecule has 0 aliphatic heterocycles. The number of hydrogen-bond acceptors (Lipinski definition) is 4. The number of nitrogens with zero attached hydrogens (tertiary/aromatic N) is 1. The summed E-state index contributed by atoms with van der Waals surface area (Å²) < 4.78 is 11.2. The summed E-state index contributed by atoms with van der Waals surface area (Å²) in [7, 11) is 0. The third-order valence-electron chi connectivity index (χ3n) is 3.16. The molecule has 0 fully saturated rings. The van der Waals surface area contributed by atoms with Crippen molar-refractivity contribution in [3.63, 3.8) is 0 Å². The Morgan fingerprint density at radius 1 is 1.12 bits per heavy atom. The van der Waals surface area contributed by atoms with Crippen LogP contribution in [0.25, 0.3) is 6.08 Å². The number of aryl methyl sites for hydroxylation is 1. The van der Waals surface area contributed by atoms with Crippen LogP contribution in [0.1, 0.15) is 11.1 Å². The molecule has 2 aromatic carbocycles. The molecule has 5 heteroatoms. The molecule has 0 bridgehead atoms. The maximum Gasteiger partial charge on any atom is 0.346 e. The van der Waals surface area contributed by atoms with Crippen LogP contribution < -0.4 is 9.47 Å². The van der Waals surface area contributed by atoms with Crippen LogP contribution >= 0.6 is 0 Å². The summed E-state index contributed by atoms with van der Waals surface area (Å²) in [6, 6.07) is 16.3. The fourth-order valence-corrected chi connectivity index (χ4v) is 1.96. The van der Waals surface area contributed by atoms with E-state index in [2.05, 4.69) is 0 Å². The highest BCUT2D eigenvalue weighted by Crippen LogP contribution is 2.16. The molecule has 0 spiro atoms. The summed E-state index contributed by atoms with van der Waals surface area (Å²) in [6.45, 7) is 2.75. The molecule has 5 nitrogen and oxygen atoms in total. The van der Waals surface area contributed by atoms with Gasteiger partial charge in [0.2, 0.25) is 0 Å². The first-order valence-corrected chi connectivity index (χ1v) is 7.36. The van der Waals surface area contributed by atoms with Gasteiger partial charge in [-0.1, -0.05) is 29.8 Å². The number of benzene rings is 2. The van der Waals surface area contributed by atoms with Gasteiger partial charge in [0.25, 0.3) is 0 Å². The van der Waals surface area contributed by atoms with E-state index in [0.717, 1.165) is 5.75 Å². The summed E-state index contributed by atoms with van der Waals surface area (Å²) in [4.78, 5) is 10.8. The molecule has 0 unspecified atom stereocenters. The van der Waals surface area contributed by atoms with Crippen LogP contribution in [-0.4, -0.2) is 24.3 Å². The topological polar surface area (TPSA) is 79.5 Å². The first-order valence-electron chi connectivity index (χ1n) is 7.36. The van der Waals surface area contributed by atoms with E-state index < -0.39 is 5.97 Å². The lowest BCUT2D eigenvalue weighted by molar-refractivity contribution is -0.132. The number of carbonyl (C=O) groups is 1. The standard InChI is InChI=1S/C19H17NO4/c1-14-5-7-17(8-6-14)23-9-10-24-18-4-2-3-15(12-18)11-16(13-20)19(21)22/h2-8,11-12H,9-10H2,1H3,(H,21,22). The average Bonchev–Trinajstić information content (AvgIpc) is 2.58. The van der Waals surface area contributed by atoms with E-state index in [0.29, 0.717) is 24.5 Å². The molecule has 24 heavy (non-hydrogen) atoms. The smallest absolute Gasteiger partial charge is 0.346 e. The van der Waals surface area contributed by atoms with Gasteiger partial charge in [0, 0.05) is 0 Å². The highest BCUT2D eigenvalue weighted by atomic mass is 16.5. The van der Waals surface area contributed by atoms with Crippen molar-refractivity contribution in [3.8, 4) is 17.6 Å². The summed E-state index contributed by atoms with van der Waals surface area (Å²) in [5.74, 6) is 0.107. The third-order valence-corrected chi connectivity index (χ3v) is 3.16. The molecule has 0 atom stereocenters. The normalized spacial score (nSPS) is 10.8. The highest BCUT2D eigenvalue weighted by Gasteiger charge is 2.06. The second-order valence-electron chi connectivity index (χ2n) is 5.06. The Bertz CT molecular complexity index is 773. The van der Waals surface area contributed by atoms with E-state index in [9.17, 15) is 4.79 Å². The van der Waals surface area contributed by atoms with E-state index in [4.69, 9.17) is 19.8 Å². The molecular formula is C19H17NO4. The van der Waals surface area contributed by atoms with Crippen LogP contribution in [0.2, 0.25) is 0 Å². The molecule has 0 aliphatic carbocycles. The molecule has 122 valence electrons. The zero-order valence-electron chi connectivity index (χ0n) is 13.2. The lowest BCUT2D eigenvalue weighted by Crippen LogP contribution is -2.09. The first-order chi connectivity index (χ1) is 11.6. The third kappa shape index (κ3) is 5.18. The Balaban J connectivity index is 1.89. The Hall–Kier alpha value is -3.26. The fraction of sp³-hybridized carbons (Fsp3) is 0.158. The molecule has 2 aromatic rings. The zero-order valence-corrected chi connectivity index (χ0v) is 13.2. The predicted molar refractivity (Wildman–Crippen MR) is 89.8 cm³/mol. The van der Waals surface area contributed by atoms with Crippen molar-refractivity contribution in [1.82, 2.24) is 0 Å². The number of rotatable bonds is 7. The quantitative estimate of drug-likeness (QED) is 0.479. The fourth-order valence-electron chi connectivity index (χ4n) is 1.96. The van der Waals surface area contributed by atoms with Gasteiger partial charge in [-0.25, -0.2) is 4.79 Å². The van der Waals surface area contributed by atoms with E-state index in [-0.39, 0.29) is 5.57 Å². The summed E-state index contributed by atoms with van der Waals surface area (Å²) in [5, 5.41) is 17.6. The molecule has 0 aromatic heterocycles. The maximum absolute atomic E-state index is 10.8. The second kappa shape index (κ2) is 8.39. The minimum atomic E-state index is -1.25. The van der Waals surface area contributed by atoms with Gasteiger partial charge in [-0.3, -0.25) is 0 Å². The highest BCUT2D eigenvalue weighted by molar-refractivity contribution is 5.96. The monoisotopic (exact) mass is 323 g/mol. The summed E-state index contributed by atoms with van der Waals surface area (Å²) in [6.07, 6.45) is 1.30. The van der Waals surface area contributed by atoms with Crippen molar-refractivity contribution in [2.45, 2.75) is 6.92 Å². The zero-order chi connectivity index (χ0) is 17.4. The molecule has 0 saturated carbocycles. The van der Waals surface area contributed by atoms with Gasteiger partial charge in [-0.2, -0.15) is 5.26 Å². The number of carboxylic acids is 1. The van der Waals surface area contributed by atoms with Crippen LogP contribution in [0, 0.1) is 18.3 Å². The minimum absolute atomic E-state index is 0.324. The van der Waals surface area contributed by atoms with Crippen molar-refractivity contribution in [2.24, 2.45) is 0 Å². The number of aliphatic carboxylic acids is 1. The molecule has 0 aliphatic rings. The van der Waals surface area contributed by atoms with Crippen LogP contribution in [0.5, 0.6) is 11.5 Å². The first kappa shape index (κ1) is 17.1. The van der Waals surface area contributed by atoms with Crippen LogP contribution in [-0.2, 0) is 4.79 Å². The van der Waals surface area contributed by atoms with Gasteiger partial charge < -0.3 is 14.6 Å². The van der Waals surface area contributed by atoms with E-state index in [1.165, 1.54) is 11.6 Å². The Labute approximate surface area is 140 Å². The van der Waals surface area contributed by atoms with Gasteiger partial charge in [0.15, 0.2) is 0 Å². The SMILES string of the molecule is Cc1ccc(OCCOc2cccc(C=C(C#N)C(=O)O)c2)cc1. The van der Waals surface area contributed by atoms with Crippen molar-refractivity contribution >= 4 is 12.0 Å². The largest absolute Gasteiger partial charge is 0.490 e. The predicted octanol–water partition coefficient (Wildman–Crippen LogP) is 3.44. The molecule has 0 saturated heterocycles. The van der Waals surface area contributed by atoms with Crippen molar-refractivity contribution in [2.75, 3.05) is 13.2 Å². The Kier molecular flexibility index (Phi) is 5.98. The second-order valence-corrected chi connectivity index (χ2v) is 5.06. The van der Waals surface area contributed by atoms with E-state index in [1.807, 2.05) is 31.2 Å². The Morgan fingerprint density at radius 2 is 1.79 bits per heavy atom. The molecule has 1 N–H and O–H groups in total. The van der Waals surface area contributed by atoms with Crippen LogP contribution in [0.3, 0.4) is 0 Å². The molecule has 0 radical (unpaired) electrons. The lowest BCUT2D eigenvalue weighted by atomic mass is 10.1. The molecule has 2 rings (SSSR count). The number of hydrogen-bond donors (Lipinski definition) is 1. The van der Waals surface area contributed by atoms with Crippen LogP contribution in [0.15, 0.2) is 54.1 Å². The summed E-state index contributed by atoms with van der Waals surface area (Å²) in [5.41, 5.74) is 1.43. The maximum atomic E-state index is 10.8. The van der Waals surface area contributed by atoms with Gasteiger partial charge in [0.05, 0.1) is 0 Å². The molecule has 0 amide bonds. The van der Waals surface area contributed by atoms with Crippen molar-refractivity contribution < 1.29 is 19.4 Å². The minimum Gasteiger partial charge on any atom is -0.490 e. The van der Waals surface area contributed by atoms with Crippen LogP contribution in [0.4, 0.5) is 0 Å². The van der Waals surface area contributed by atoms with Crippen molar-refractivity contribution in [3.05, 3.63) is 65.2 Å². The van der Waals surface area contributed by atoms with Gasteiger partial charge in [-0.05, 0) is 42.8 Å². The number of carboxylic acid groups (broad SMARTS) is 1. The van der Waals surface area contributed by atoms with Crippen molar-refractivity contribution in [1.29, 1.82) is 5.26 Å². The van der Waals surface area contributed by atoms with Gasteiger partial charge >= 0.3 is 5.97 Å². The van der Waals surface area contributed by atoms with E-state index in [1.54, 1.807) is 30.3 Å². The lowest BCUT2D eigenvalue weighted by Gasteiger charge is -2.09. The average molecular weight is 323 g/mol. The number of ether oxygens (including phenoxy) is 2. The van der Waals surface area contributed by atoms with E-state index >= 15 is 0 Å². The summed E-state index contributed by atoms with van der Waals surface area (Å²) >= 11 is 0. The van der Waals surface area contributed by atoms with Gasteiger partial charge in [-0.15, -0.1) is 0 Å².